The number of hydrogen-bond donors (Lipinski definition) is 3. The van der Waals surface area contributed by atoms with Crippen LogP contribution in [0.2, 0.25) is 0 Å². The average molecular weight is 238 g/mol. The summed E-state index contributed by atoms with van der Waals surface area (Å²) in [5, 5.41) is 15.2. The number of benzene rings is 1. The molecule has 0 spiro atoms. The van der Waals surface area contributed by atoms with Gasteiger partial charge in [0.2, 0.25) is 5.91 Å². The van der Waals surface area contributed by atoms with Crippen LogP contribution in [0.3, 0.4) is 0 Å². The number of phenols is 1. The van der Waals surface area contributed by atoms with E-state index in [4.69, 9.17) is 4.74 Å². The van der Waals surface area contributed by atoms with Crippen molar-refractivity contribution >= 4 is 5.91 Å². The fourth-order valence-electron chi connectivity index (χ4n) is 1.41. The fraction of sp³-hybridized carbons (Fsp3) is 0.417. The van der Waals surface area contributed by atoms with Crippen molar-refractivity contribution in [2.45, 2.75) is 13.0 Å². The van der Waals surface area contributed by atoms with E-state index in [1.807, 2.05) is 6.07 Å². The molecule has 3 N–H and O–H groups in total. The van der Waals surface area contributed by atoms with Gasteiger partial charge in [0.05, 0.1) is 7.11 Å². The summed E-state index contributed by atoms with van der Waals surface area (Å²) in [6.45, 7) is 1.21. The zero-order valence-corrected chi connectivity index (χ0v) is 10.1. The van der Waals surface area contributed by atoms with Gasteiger partial charge in [-0.2, -0.15) is 0 Å². The molecule has 0 aliphatic heterocycles. The van der Waals surface area contributed by atoms with Crippen LogP contribution in [0.15, 0.2) is 18.2 Å². The van der Waals surface area contributed by atoms with Crippen molar-refractivity contribution in [3.05, 3.63) is 23.8 Å². The topological polar surface area (TPSA) is 70.6 Å². The van der Waals surface area contributed by atoms with E-state index in [1.165, 1.54) is 7.11 Å². The Morgan fingerprint density at radius 2 is 2.24 bits per heavy atom. The Hall–Kier alpha value is -1.75. The number of methoxy groups -OCH3 is 1. The van der Waals surface area contributed by atoms with Crippen LogP contribution in [-0.4, -0.2) is 31.7 Å². The lowest BCUT2D eigenvalue weighted by Crippen LogP contribution is -2.24. The van der Waals surface area contributed by atoms with Gasteiger partial charge in [0, 0.05) is 26.6 Å². The maximum absolute atomic E-state index is 11.0. The van der Waals surface area contributed by atoms with Crippen LogP contribution in [0.5, 0.6) is 11.5 Å². The third-order valence-corrected chi connectivity index (χ3v) is 2.38. The molecule has 0 aliphatic rings. The molecule has 0 aromatic heterocycles. The molecule has 1 aromatic carbocycles. The molecular formula is C12H18N2O3. The quantitative estimate of drug-likeness (QED) is 0.636. The van der Waals surface area contributed by atoms with Gasteiger partial charge >= 0.3 is 0 Å². The molecule has 94 valence electrons. The number of hydrogen-bond acceptors (Lipinski definition) is 4. The van der Waals surface area contributed by atoms with Crippen molar-refractivity contribution in [1.29, 1.82) is 0 Å². The summed E-state index contributed by atoms with van der Waals surface area (Å²) in [5.74, 6) is 0.590. The van der Waals surface area contributed by atoms with Gasteiger partial charge in [0.1, 0.15) is 0 Å². The largest absolute Gasteiger partial charge is 0.504 e. The minimum absolute atomic E-state index is 0.00933. The number of carbonyl (C=O) groups is 1. The molecule has 5 heteroatoms. The summed E-state index contributed by atoms with van der Waals surface area (Å²) in [6, 6.07) is 5.22. The first kappa shape index (κ1) is 13.3. The predicted octanol–water partition coefficient (Wildman–Crippen LogP) is 0.626. The molecule has 0 aliphatic carbocycles. The third-order valence-electron chi connectivity index (χ3n) is 2.38. The Morgan fingerprint density at radius 1 is 1.47 bits per heavy atom. The second-order valence-electron chi connectivity index (χ2n) is 3.61. The summed E-state index contributed by atoms with van der Waals surface area (Å²) >= 11 is 0. The van der Waals surface area contributed by atoms with Gasteiger partial charge in [-0.1, -0.05) is 6.07 Å². The number of rotatable bonds is 6. The molecular weight excluding hydrogens is 220 g/mol. The smallest absolute Gasteiger partial charge is 0.221 e. The van der Waals surface area contributed by atoms with Gasteiger partial charge in [-0.15, -0.1) is 0 Å². The van der Waals surface area contributed by atoms with Gasteiger partial charge in [-0.3, -0.25) is 4.79 Å². The van der Waals surface area contributed by atoms with Crippen molar-refractivity contribution in [2.24, 2.45) is 0 Å². The predicted molar refractivity (Wildman–Crippen MR) is 65.0 cm³/mol. The standard InChI is InChI=1S/C12H18N2O3/c1-13-12(16)5-6-14-8-9-3-4-11(17-2)10(15)7-9/h3-4,7,14-15H,5-6,8H2,1-2H3,(H,13,16). The maximum Gasteiger partial charge on any atom is 0.221 e. The monoisotopic (exact) mass is 238 g/mol. The normalized spacial score (nSPS) is 10.0. The SMILES string of the molecule is CNC(=O)CCNCc1ccc(OC)c(O)c1. The number of carbonyl (C=O) groups excluding carboxylic acids is 1. The highest BCUT2D eigenvalue weighted by Gasteiger charge is 2.02. The number of nitrogens with one attached hydrogen (secondary N) is 2. The average Bonchev–Trinajstić information content (AvgIpc) is 2.34. The Bertz CT molecular complexity index is 380. The second-order valence-corrected chi connectivity index (χ2v) is 3.61. The lowest BCUT2D eigenvalue weighted by atomic mass is 10.2. The van der Waals surface area contributed by atoms with Gasteiger partial charge in [-0.05, 0) is 17.7 Å². The molecule has 17 heavy (non-hydrogen) atoms. The minimum atomic E-state index is 0.00933. The van der Waals surface area contributed by atoms with Crippen molar-refractivity contribution in [3.8, 4) is 11.5 Å². The van der Waals surface area contributed by atoms with Crippen LogP contribution in [-0.2, 0) is 11.3 Å². The molecule has 1 aromatic rings. The molecule has 0 radical (unpaired) electrons. The summed E-state index contributed by atoms with van der Waals surface area (Å²) in [5.41, 5.74) is 0.945. The fourth-order valence-corrected chi connectivity index (χ4v) is 1.41. The lowest BCUT2D eigenvalue weighted by Gasteiger charge is -2.07. The molecule has 0 fully saturated rings. The van der Waals surface area contributed by atoms with Gasteiger partial charge in [0.25, 0.3) is 0 Å². The van der Waals surface area contributed by atoms with Crippen LogP contribution < -0.4 is 15.4 Å². The Kier molecular flexibility index (Phi) is 5.29. The van der Waals surface area contributed by atoms with Crippen molar-refractivity contribution in [1.82, 2.24) is 10.6 Å². The van der Waals surface area contributed by atoms with Gasteiger partial charge in [-0.25, -0.2) is 0 Å². The van der Waals surface area contributed by atoms with Crippen molar-refractivity contribution in [3.63, 3.8) is 0 Å². The van der Waals surface area contributed by atoms with Crippen LogP contribution in [0, 0.1) is 0 Å². The first-order valence-electron chi connectivity index (χ1n) is 5.44. The van der Waals surface area contributed by atoms with E-state index in [9.17, 15) is 9.90 Å². The lowest BCUT2D eigenvalue weighted by molar-refractivity contribution is -0.120. The van der Waals surface area contributed by atoms with Crippen LogP contribution in [0.1, 0.15) is 12.0 Å². The first-order chi connectivity index (χ1) is 8.17. The molecule has 0 unspecified atom stereocenters. The molecule has 0 saturated carbocycles. The van der Waals surface area contributed by atoms with Crippen LogP contribution in [0.25, 0.3) is 0 Å². The highest BCUT2D eigenvalue weighted by molar-refractivity contribution is 5.75. The summed E-state index contributed by atoms with van der Waals surface area (Å²) < 4.78 is 4.95. The van der Waals surface area contributed by atoms with Gasteiger partial charge < -0.3 is 20.5 Å². The Labute approximate surface area is 101 Å². The summed E-state index contributed by atoms with van der Waals surface area (Å²) in [4.78, 5) is 11.0. The van der Waals surface area contributed by atoms with Crippen molar-refractivity contribution < 1.29 is 14.6 Å². The van der Waals surface area contributed by atoms with Crippen molar-refractivity contribution in [2.75, 3.05) is 20.7 Å². The Morgan fingerprint density at radius 3 is 2.82 bits per heavy atom. The highest BCUT2D eigenvalue weighted by Crippen LogP contribution is 2.25. The van der Waals surface area contributed by atoms with Crippen LogP contribution >= 0.6 is 0 Å². The summed E-state index contributed by atoms with van der Waals surface area (Å²) in [6.07, 6.45) is 0.443. The number of aromatic hydroxyl groups is 1. The Balaban J connectivity index is 2.37. The molecule has 0 saturated heterocycles. The minimum Gasteiger partial charge on any atom is -0.504 e. The second kappa shape index (κ2) is 6.75. The number of phenolic OH excluding ortho intramolecular Hbond substituents is 1. The van der Waals surface area contributed by atoms with E-state index in [-0.39, 0.29) is 11.7 Å². The molecule has 1 amide bonds. The molecule has 0 heterocycles. The zero-order chi connectivity index (χ0) is 12.7. The molecule has 1 rings (SSSR count). The third kappa shape index (κ3) is 4.32. The molecule has 0 atom stereocenters. The van der Waals surface area contributed by atoms with E-state index >= 15 is 0 Å². The van der Waals surface area contributed by atoms with E-state index in [0.717, 1.165) is 5.56 Å². The molecule has 5 nitrogen and oxygen atoms in total. The van der Waals surface area contributed by atoms with E-state index in [1.54, 1.807) is 19.2 Å². The zero-order valence-electron chi connectivity index (χ0n) is 10.1. The number of ether oxygens (including phenoxy) is 1. The van der Waals surface area contributed by atoms with Crippen LogP contribution in [0.4, 0.5) is 0 Å². The first-order valence-corrected chi connectivity index (χ1v) is 5.44. The van der Waals surface area contributed by atoms with E-state index < -0.39 is 0 Å². The number of amides is 1. The van der Waals surface area contributed by atoms with Gasteiger partial charge in [0.15, 0.2) is 11.5 Å². The molecule has 0 bridgehead atoms. The van der Waals surface area contributed by atoms with E-state index in [2.05, 4.69) is 10.6 Å². The maximum atomic E-state index is 11.0. The highest BCUT2D eigenvalue weighted by atomic mass is 16.5. The van der Waals surface area contributed by atoms with E-state index in [0.29, 0.717) is 25.3 Å². The summed E-state index contributed by atoms with van der Waals surface area (Å²) in [7, 11) is 3.13.